The molecule has 0 saturated carbocycles. The number of pyridine rings is 1. The first-order valence-electron chi connectivity index (χ1n) is 6.31. The topological polar surface area (TPSA) is 28.5 Å². The Balaban J connectivity index is 1.98. The van der Waals surface area contributed by atoms with Crippen molar-refractivity contribution in [2.24, 2.45) is 4.99 Å². The largest absolute Gasteiger partial charge is 0.284 e. The van der Waals surface area contributed by atoms with Crippen LogP contribution in [0, 0.1) is 0 Å². The quantitative estimate of drug-likeness (QED) is 0.601. The van der Waals surface area contributed by atoms with E-state index in [0.29, 0.717) is 0 Å². The smallest absolute Gasteiger partial charge is 0.139 e. The van der Waals surface area contributed by atoms with Gasteiger partial charge in [-0.05, 0) is 45.6 Å². The van der Waals surface area contributed by atoms with Crippen LogP contribution < -0.4 is 4.90 Å². The first-order chi connectivity index (χ1) is 9.83. The number of hydrogen-bond acceptors (Lipinski definition) is 3. The van der Waals surface area contributed by atoms with Gasteiger partial charge in [-0.3, -0.25) is 4.90 Å². The minimum atomic E-state index is 0.814. The monoisotopic (exact) mass is 323 g/mol. The van der Waals surface area contributed by atoms with Gasteiger partial charge in [-0.2, -0.15) is 0 Å². The van der Waals surface area contributed by atoms with Gasteiger partial charge in [0.15, 0.2) is 0 Å². The van der Waals surface area contributed by atoms with Crippen LogP contribution in [-0.2, 0) is 0 Å². The Labute approximate surface area is 124 Å². The molecule has 0 spiro atoms. The number of aromatic nitrogens is 1. The summed E-state index contributed by atoms with van der Waals surface area (Å²) in [5.74, 6) is 0.852. The SMILES string of the molecule is Brc1cccc(N2C=Nc3cccc4cccc2c34)n1. The van der Waals surface area contributed by atoms with Crippen molar-refractivity contribution in [3.05, 3.63) is 59.2 Å². The number of hydrogen-bond donors (Lipinski definition) is 0. The number of aliphatic imine (C=N–C) groups is 1. The van der Waals surface area contributed by atoms with Crippen molar-refractivity contribution < 1.29 is 0 Å². The number of nitrogens with zero attached hydrogens (tertiary/aromatic N) is 3. The summed E-state index contributed by atoms with van der Waals surface area (Å²) in [4.78, 5) is 11.1. The fraction of sp³-hybridized carbons (Fsp3) is 0. The zero-order valence-electron chi connectivity index (χ0n) is 10.5. The fourth-order valence-electron chi connectivity index (χ4n) is 2.51. The summed E-state index contributed by atoms with van der Waals surface area (Å²) in [6, 6.07) is 18.3. The second kappa shape index (κ2) is 4.42. The van der Waals surface area contributed by atoms with Crippen molar-refractivity contribution in [3.8, 4) is 0 Å². The van der Waals surface area contributed by atoms with Gasteiger partial charge in [-0.25, -0.2) is 9.98 Å². The highest BCUT2D eigenvalue weighted by Crippen LogP contribution is 2.39. The minimum absolute atomic E-state index is 0.814. The van der Waals surface area contributed by atoms with Crippen molar-refractivity contribution in [1.29, 1.82) is 0 Å². The summed E-state index contributed by atoms with van der Waals surface area (Å²) in [6.07, 6.45) is 1.83. The minimum Gasteiger partial charge on any atom is -0.284 e. The van der Waals surface area contributed by atoms with Crippen LogP contribution in [-0.4, -0.2) is 11.3 Å². The fourth-order valence-corrected chi connectivity index (χ4v) is 2.84. The summed E-state index contributed by atoms with van der Waals surface area (Å²) in [6.45, 7) is 0. The van der Waals surface area contributed by atoms with E-state index >= 15 is 0 Å². The van der Waals surface area contributed by atoms with Gasteiger partial charge in [0.25, 0.3) is 0 Å². The lowest BCUT2D eigenvalue weighted by Gasteiger charge is -2.24. The molecule has 96 valence electrons. The van der Waals surface area contributed by atoms with Crippen LogP contribution in [0.5, 0.6) is 0 Å². The Bertz CT molecular complexity index is 837. The van der Waals surface area contributed by atoms with Gasteiger partial charge in [0.1, 0.15) is 16.8 Å². The molecule has 2 aromatic carbocycles. The highest BCUT2D eigenvalue weighted by molar-refractivity contribution is 9.10. The second-order valence-electron chi connectivity index (χ2n) is 4.59. The Morgan fingerprint density at radius 2 is 1.70 bits per heavy atom. The van der Waals surface area contributed by atoms with E-state index in [9.17, 15) is 0 Å². The molecule has 4 rings (SSSR count). The zero-order valence-corrected chi connectivity index (χ0v) is 12.1. The summed E-state index contributed by atoms with van der Waals surface area (Å²) in [5.41, 5.74) is 2.11. The molecular weight excluding hydrogens is 314 g/mol. The van der Waals surface area contributed by atoms with Gasteiger partial charge in [0.05, 0.1) is 11.4 Å². The molecule has 3 nitrogen and oxygen atoms in total. The van der Waals surface area contributed by atoms with Crippen molar-refractivity contribution in [2.75, 3.05) is 4.90 Å². The van der Waals surface area contributed by atoms with E-state index in [1.807, 2.05) is 41.6 Å². The third-order valence-electron chi connectivity index (χ3n) is 3.38. The van der Waals surface area contributed by atoms with Crippen LogP contribution in [0.3, 0.4) is 0 Å². The van der Waals surface area contributed by atoms with E-state index in [-0.39, 0.29) is 0 Å². The molecule has 0 aliphatic carbocycles. The molecule has 0 atom stereocenters. The van der Waals surface area contributed by atoms with Gasteiger partial charge in [-0.1, -0.05) is 30.3 Å². The molecule has 4 heteroatoms. The van der Waals surface area contributed by atoms with Crippen molar-refractivity contribution in [2.45, 2.75) is 0 Å². The maximum atomic E-state index is 4.54. The van der Waals surface area contributed by atoms with Crippen molar-refractivity contribution >= 4 is 50.2 Å². The molecule has 20 heavy (non-hydrogen) atoms. The maximum absolute atomic E-state index is 4.54. The van der Waals surface area contributed by atoms with Crippen molar-refractivity contribution in [3.63, 3.8) is 0 Å². The number of benzene rings is 2. The lowest BCUT2D eigenvalue weighted by Crippen LogP contribution is -2.18. The third-order valence-corrected chi connectivity index (χ3v) is 3.82. The lowest BCUT2D eigenvalue weighted by molar-refractivity contribution is 1.20. The standard InChI is InChI=1S/C16H10BrN3/c17-14-8-3-9-15(19-14)20-10-18-12-6-1-4-11-5-2-7-13(20)16(11)12/h1-10H. The molecule has 1 aliphatic heterocycles. The summed E-state index contributed by atoms with van der Waals surface area (Å²) >= 11 is 3.42. The van der Waals surface area contributed by atoms with Crippen LogP contribution in [0.4, 0.5) is 17.2 Å². The first kappa shape index (κ1) is 11.6. The van der Waals surface area contributed by atoms with Crippen molar-refractivity contribution in [1.82, 2.24) is 4.98 Å². The molecular formula is C16H10BrN3. The van der Waals surface area contributed by atoms with E-state index in [4.69, 9.17) is 0 Å². The Morgan fingerprint density at radius 3 is 2.55 bits per heavy atom. The molecule has 2 heterocycles. The van der Waals surface area contributed by atoms with Gasteiger partial charge in [0.2, 0.25) is 0 Å². The Hall–Kier alpha value is -2.20. The molecule has 0 bridgehead atoms. The summed E-state index contributed by atoms with van der Waals surface area (Å²) in [7, 11) is 0. The Kier molecular flexibility index (Phi) is 2.57. The summed E-state index contributed by atoms with van der Waals surface area (Å²) < 4.78 is 0.814. The summed E-state index contributed by atoms with van der Waals surface area (Å²) in [5, 5.41) is 2.36. The number of halogens is 1. The molecule has 0 fully saturated rings. The highest BCUT2D eigenvalue weighted by Gasteiger charge is 2.17. The first-order valence-corrected chi connectivity index (χ1v) is 7.10. The average Bonchev–Trinajstić information content (AvgIpc) is 2.48. The van der Waals surface area contributed by atoms with E-state index in [2.05, 4.69) is 50.2 Å². The van der Waals surface area contributed by atoms with Crippen LogP contribution in [0.25, 0.3) is 10.8 Å². The Morgan fingerprint density at radius 1 is 0.900 bits per heavy atom. The van der Waals surface area contributed by atoms with Gasteiger partial charge >= 0.3 is 0 Å². The van der Waals surface area contributed by atoms with Gasteiger partial charge in [0, 0.05) is 5.39 Å². The van der Waals surface area contributed by atoms with E-state index < -0.39 is 0 Å². The highest BCUT2D eigenvalue weighted by atomic mass is 79.9. The molecule has 1 aliphatic rings. The van der Waals surface area contributed by atoms with E-state index in [1.165, 1.54) is 10.8 Å². The molecule has 0 unspecified atom stereocenters. The molecule has 0 amide bonds. The molecule has 3 aromatic rings. The molecule has 0 N–H and O–H groups in total. The third kappa shape index (κ3) is 1.72. The zero-order chi connectivity index (χ0) is 13.5. The number of rotatable bonds is 1. The average molecular weight is 324 g/mol. The predicted molar refractivity (Wildman–Crippen MR) is 86.2 cm³/mol. The second-order valence-corrected chi connectivity index (χ2v) is 5.40. The molecule has 0 radical (unpaired) electrons. The molecule has 0 saturated heterocycles. The van der Waals surface area contributed by atoms with Crippen LogP contribution in [0.2, 0.25) is 0 Å². The lowest BCUT2D eigenvalue weighted by atomic mass is 10.1. The van der Waals surface area contributed by atoms with Crippen LogP contribution >= 0.6 is 15.9 Å². The normalized spacial score (nSPS) is 12.9. The number of anilines is 2. The van der Waals surface area contributed by atoms with Gasteiger partial charge < -0.3 is 0 Å². The van der Waals surface area contributed by atoms with E-state index in [0.717, 1.165) is 21.8 Å². The maximum Gasteiger partial charge on any atom is 0.139 e. The molecule has 1 aromatic heterocycles. The van der Waals surface area contributed by atoms with Crippen LogP contribution in [0.15, 0.2) is 64.2 Å². The van der Waals surface area contributed by atoms with Crippen LogP contribution in [0.1, 0.15) is 0 Å². The van der Waals surface area contributed by atoms with E-state index in [1.54, 1.807) is 0 Å². The van der Waals surface area contributed by atoms with Gasteiger partial charge in [-0.15, -0.1) is 0 Å². The predicted octanol–water partition coefficient (Wildman–Crippen LogP) is 4.81.